The Hall–Kier alpha value is -2.43. The topological polar surface area (TPSA) is 61.3 Å². The normalized spacial score (nSPS) is 12.9. The Kier molecular flexibility index (Phi) is 11.0. The van der Waals surface area contributed by atoms with Crippen molar-refractivity contribution in [2.45, 2.75) is 72.6 Å². The number of unbranched alkanes of at least 4 members (excludes halogenated alkanes) is 4. The van der Waals surface area contributed by atoms with E-state index in [1.54, 1.807) is 12.4 Å². The van der Waals surface area contributed by atoms with Gasteiger partial charge in [0, 0.05) is 5.56 Å². The molecule has 0 N–H and O–H groups in total. The zero-order valence-corrected chi connectivity index (χ0v) is 19.6. The van der Waals surface area contributed by atoms with Crippen molar-refractivity contribution in [3.63, 3.8) is 0 Å². The van der Waals surface area contributed by atoms with E-state index in [1.165, 1.54) is 25.7 Å². The Morgan fingerprint density at radius 3 is 2.29 bits per heavy atom. The third kappa shape index (κ3) is 9.07. The van der Waals surface area contributed by atoms with Crippen LogP contribution in [0.5, 0.6) is 5.75 Å². The Morgan fingerprint density at radius 2 is 1.65 bits per heavy atom. The molecule has 0 spiro atoms. The van der Waals surface area contributed by atoms with Gasteiger partial charge in [0.2, 0.25) is 0 Å². The van der Waals surface area contributed by atoms with Gasteiger partial charge in [-0.25, -0.2) is 9.97 Å². The maximum absolute atomic E-state index is 12.2. The van der Waals surface area contributed by atoms with E-state index >= 15 is 0 Å². The lowest BCUT2D eigenvalue weighted by atomic mass is 10.00. The Morgan fingerprint density at radius 1 is 0.968 bits per heavy atom. The molecule has 170 valence electrons. The van der Waals surface area contributed by atoms with Crippen LogP contribution < -0.4 is 4.74 Å². The summed E-state index contributed by atoms with van der Waals surface area (Å²) in [5.74, 6) is 1.49. The van der Waals surface area contributed by atoms with Gasteiger partial charge in [-0.05, 0) is 24.3 Å². The first-order valence-electron chi connectivity index (χ1n) is 11.7. The van der Waals surface area contributed by atoms with E-state index < -0.39 is 0 Å². The molecule has 1 aromatic carbocycles. The van der Waals surface area contributed by atoms with Crippen molar-refractivity contribution in [3.8, 4) is 17.1 Å². The average molecular weight is 427 g/mol. The molecule has 2 aromatic rings. The lowest BCUT2D eigenvalue weighted by molar-refractivity contribution is -0.149. The van der Waals surface area contributed by atoms with Crippen molar-refractivity contribution in [1.29, 1.82) is 0 Å². The van der Waals surface area contributed by atoms with Crippen LogP contribution in [0.3, 0.4) is 0 Å². The molecule has 2 atom stereocenters. The number of hydrogen-bond donors (Lipinski definition) is 0. The predicted molar refractivity (Wildman–Crippen MR) is 125 cm³/mol. The largest absolute Gasteiger partial charge is 0.490 e. The number of esters is 1. The van der Waals surface area contributed by atoms with Crippen molar-refractivity contribution < 1.29 is 14.3 Å². The highest BCUT2D eigenvalue weighted by molar-refractivity contribution is 5.72. The SMILES string of the molecule is CCCCCCCOc1cnc(-c2ccc(CC(C)C(=O)OCC(C)CC)cc2)nc1. The zero-order valence-electron chi connectivity index (χ0n) is 19.6. The van der Waals surface area contributed by atoms with Crippen molar-refractivity contribution in [2.75, 3.05) is 13.2 Å². The lowest BCUT2D eigenvalue weighted by Gasteiger charge is -2.14. The van der Waals surface area contributed by atoms with Crippen LogP contribution in [0.4, 0.5) is 0 Å². The van der Waals surface area contributed by atoms with Crippen LogP contribution >= 0.6 is 0 Å². The number of hydrogen-bond acceptors (Lipinski definition) is 5. The van der Waals surface area contributed by atoms with Crippen molar-refractivity contribution >= 4 is 5.97 Å². The summed E-state index contributed by atoms with van der Waals surface area (Å²) in [4.78, 5) is 21.0. The third-order valence-corrected chi connectivity index (χ3v) is 5.51. The van der Waals surface area contributed by atoms with Gasteiger partial charge < -0.3 is 9.47 Å². The van der Waals surface area contributed by atoms with E-state index in [0.29, 0.717) is 37.1 Å². The highest BCUT2D eigenvalue weighted by Crippen LogP contribution is 2.19. The summed E-state index contributed by atoms with van der Waals surface area (Å²) in [5, 5.41) is 0. The van der Waals surface area contributed by atoms with Gasteiger partial charge in [-0.2, -0.15) is 0 Å². The summed E-state index contributed by atoms with van der Waals surface area (Å²) in [7, 11) is 0. The molecule has 0 radical (unpaired) electrons. The molecule has 5 heteroatoms. The summed E-state index contributed by atoms with van der Waals surface area (Å²) in [6, 6.07) is 8.04. The van der Waals surface area contributed by atoms with E-state index in [2.05, 4.69) is 30.7 Å². The second kappa shape index (κ2) is 13.8. The second-order valence-electron chi connectivity index (χ2n) is 8.45. The molecule has 0 saturated heterocycles. The first kappa shape index (κ1) is 24.8. The molecule has 0 saturated carbocycles. The van der Waals surface area contributed by atoms with E-state index in [-0.39, 0.29) is 11.9 Å². The first-order valence-corrected chi connectivity index (χ1v) is 11.7. The molecule has 0 aliphatic carbocycles. The van der Waals surface area contributed by atoms with Gasteiger partial charge >= 0.3 is 5.97 Å². The maximum atomic E-state index is 12.2. The van der Waals surface area contributed by atoms with Crippen molar-refractivity contribution in [2.24, 2.45) is 11.8 Å². The van der Waals surface area contributed by atoms with Crippen LogP contribution in [-0.4, -0.2) is 29.2 Å². The van der Waals surface area contributed by atoms with Crippen LogP contribution in [0, 0.1) is 11.8 Å². The van der Waals surface area contributed by atoms with E-state index in [9.17, 15) is 4.79 Å². The molecule has 5 nitrogen and oxygen atoms in total. The molecule has 0 amide bonds. The number of carbonyl (C=O) groups is 1. The van der Waals surface area contributed by atoms with Crippen molar-refractivity contribution in [3.05, 3.63) is 42.2 Å². The van der Waals surface area contributed by atoms with Gasteiger partial charge in [0.25, 0.3) is 0 Å². The summed E-state index contributed by atoms with van der Waals surface area (Å²) in [6.07, 6.45) is 11.2. The Bertz CT molecular complexity index is 759. The zero-order chi connectivity index (χ0) is 22.5. The molecule has 0 bridgehead atoms. The molecule has 0 aliphatic rings. The van der Waals surface area contributed by atoms with Gasteiger partial charge in [-0.15, -0.1) is 0 Å². The number of rotatable bonds is 14. The molecular formula is C26H38N2O3. The summed E-state index contributed by atoms with van der Waals surface area (Å²) in [6.45, 7) is 9.52. The fourth-order valence-corrected chi connectivity index (χ4v) is 3.15. The molecule has 1 heterocycles. The van der Waals surface area contributed by atoms with Gasteiger partial charge in [0.05, 0.1) is 31.5 Å². The van der Waals surface area contributed by atoms with E-state index in [1.807, 2.05) is 31.2 Å². The summed E-state index contributed by atoms with van der Waals surface area (Å²) in [5.41, 5.74) is 2.04. The second-order valence-corrected chi connectivity index (χ2v) is 8.45. The Labute approximate surface area is 187 Å². The number of aromatic nitrogens is 2. The van der Waals surface area contributed by atoms with E-state index in [4.69, 9.17) is 9.47 Å². The standard InChI is InChI=1S/C26H38N2O3/c1-5-7-8-9-10-15-30-24-17-27-25(28-18-24)23-13-11-22(12-14-23)16-21(4)26(29)31-19-20(3)6-2/h11-14,17-18,20-21H,5-10,15-16,19H2,1-4H3. The fourth-order valence-electron chi connectivity index (χ4n) is 3.15. The lowest BCUT2D eigenvalue weighted by Crippen LogP contribution is -2.19. The van der Waals surface area contributed by atoms with Gasteiger partial charge in [-0.3, -0.25) is 4.79 Å². The highest BCUT2D eigenvalue weighted by atomic mass is 16.5. The van der Waals surface area contributed by atoms with Crippen molar-refractivity contribution in [1.82, 2.24) is 9.97 Å². The highest BCUT2D eigenvalue weighted by Gasteiger charge is 2.16. The maximum Gasteiger partial charge on any atom is 0.308 e. The fraction of sp³-hybridized carbons (Fsp3) is 0.577. The van der Waals surface area contributed by atoms with Gasteiger partial charge in [0.15, 0.2) is 11.6 Å². The number of carbonyl (C=O) groups excluding carboxylic acids is 1. The minimum absolute atomic E-state index is 0.131. The molecule has 31 heavy (non-hydrogen) atoms. The predicted octanol–water partition coefficient (Wildman–Crippen LogP) is 6.26. The van der Waals surface area contributed by atoms with Gasteiger partial charge in [-0.1, -0.05) is 84.1 Å². The smallest absolute Gasteiger partial charge is 0.308 e. The minimum Gasteiger partial charge on any atom is -0.490 e. The average Bonchev–Trinajstić information content (AvgIpc) is 2.80. The summed E-state index contributed by atoms with van der Waals surface area (Å²) >= 11 is 0. The van der Waals surface area contributed by atoms with Crippen LogP contribution in [0.15, 0.2) is 36.7 Å². The first-order chi connectivity index (χ1) is 15.0. The van der Waals surface area contributed by atoms with Gasteiger partial charge in [0.1, 0.15) is 0 Å². The number of nitrogens with zero attached hydrogens (tertiary/aromatic N) is 2. The van der Waals surface area contributed by atoms with Crippen LogP contribution in [0.1, 0.15) is 71.8 Å². The van der Waals surface area contributed by atoms with Crippen LogP contribution in [0.2, 0.25) is 0 Å². The molecular weight excluding hydrogens is 388 g/mol. The molecule has 1 aromatic heterocycles. The quantitative estimate of drug-likeness (QED) is 0.263. The molecule has 2 unspecified atom stereocenters. The molecule has 0 fully saturated rings. The van der Waals surface area contributed by atoms with E-state index in [0.717, 1.165) is 24.0 Å². The third-order valence-electron chi connectivity index (χ3n) is 5.51. The molecule has 0 aliphatic heterocycles. The Balaban J connectivity index is 1.81. The number of ether oxygens (including phenoxy) is 2. The summed E-state index contributed by atoms with van der Waals surface area (Å²) < 4.78 is 11.1. The minimum atomic E-state index is -0.162. The van der Waals surface area contributed by atoms with Crippen LogP contribution in [-0.2, 0) is 16.0 Å². The monoisotopic (exact) mass is 426 g/mol. The van der Waals surface area contributed by atoms with Crippen LogP contribution in [0.25, 0.3) is 11.4 Å². The number of benzene rings is 1. The molecule has 2 rings (SSSR count).